The normalized spacial score (nSPS) is 34.5. The predicted molar refractivity (Wildman–Crippen MR) is 384 cm³/mol. The van der Waals surface area contributed by atoms with Crippen LogP contribution >= 0.6 is 43.2 Å². The van der Waals surface area contributed by atoms with Crippen molar-refractivity contribution >= 4 is 72.0 Å². The van der Waals surface area contributed by atoms with E-state index in [9.17, 15) is 30.3 Å². The number of phenolic OH excluding ortho intramolecular Hbond substituents is 3. The zero-order chi connectivity index (χ0) is 66.0. The van der Waals surface area contributed by atoms with Crippen LogP contribution in [0.1, 0.15) is 114 Å². The Kier molecular flexibility index (Phi) is 16.8. The molecule has 7 aliphatic carbocycles. The van der Waals surface area contributed by atoms with Gasteiger partial charge in [-0.1, -0.05) is 152 Å². The van der Waals surface area contributed by atoms with Crippen LogP contribution in [0.4, 0.5) is 0 Å². The molecule has 7 aromatic rings. The largest absolute Gasteiger partial charge is 0.508 e. The van der Waals surface area contributed by atoms with E-state index in [1.807, 2.05) is 70.1 Å². The first-order valence-electron chi connectivity index (χ1n) is 34.8. The van der Waals surface area contributed by atoms with Crippen molar-refractivity contribution in [3.8, 4) is 51.7 Å². The van der Waals surface area contributed by atoms with Gasteiger partial charge in [0.05, 0.1) is 18.6 Å². The maximum Gasteiger partial charge on any atom is 0.317 e. The van der Waals surface area contributed by atoms with Gasteiger partial charge in [0.2, 0.25) is 0 Å². The number of carbonyl (C=O) groups is 2. The third kappa shape index (κ3) is 11.0. The van der Waals surface area contributed by atoms with Crippen molar-refractivity contribution in [2.75, 3.05) is 19.5 Å². The minimum atomic E-state index is -1.30. The van der Waals surface area contributed by atoms with Crippen molar-refractivity contribution in [2.45, 2.75) is 136 Å². The minimum Gasteiger partial charge on any atom is -0.508 e. The van der Waals surface area contributed by atoms with Gasteiger partial charge in [-0.2, -0.15) is 0 Å². The number of methoxy groups -OCH3 is 1. The first kappa shape index (κ1) is 63.7. The number of benzene rings is 7. The smallest absolute Gasteiger partial charge is 0.317 e. The van der Waals surface area contributed by atoms with Gasteiger partial charge in [-0.25, -0.2) is 0 Å². The van der Waals surface area contributed by atoms with Crippen LogP contribution in [-0.4, -0.2) is 92.0 Å². The highest BCUT2D eigenvalue weighted by molar-refractivity contribution is 8.77. The lowest BCUT2D eigenvalue weighted by molar-refractivity contribution is -0.182. The molecule has 5 aliphatic heterocycles. The number of esters is 2. The molecule has 4 fully saturated rings. The number of allylic oxidation sites excluding steroid dienone is 1. The molecule has 5 heterocycles. The van der Waals surface area contributed by atoms with E-state index in [2.05, 4.69) is 108 Å². The molecule has 7 aromatic carbocycles. The molecule has 1 spiro atoms. The van der Waals surface area contributed by atoms with E-state index in [1.54, 1.807) is 24.0 Å². The summed E-state index contributed by atoms with van der Waals surface area (Å²) >= 11 is 0. The lowest BCUT2D eigenvalue weighted by atomic mass is 9.40. The van der Waals surface area contributed by atoms with Crippen LogP contribution < -0.4 is 14.8 Å². The molecule has 4 saturated carbocycles. The first-order chi connectivity index (χ1) is 47.2. The molecule has 19 atom stereocenters. The second kappa shape index (κ2) is 25.5. The van der Waals surface area contributed by atoms with Gasteiger partial charge in [0, 0.05) is 65.9 Å². The molecular weight excluding hydrogens is 1290 g/mol. The maximum absolute atomic E-state index is 17.9. The zero-order valence-corrected chi connectivity index (χ0v) is 57.7. The molecule has 0 radical (unpaired) electrons. The van der Waals surface area contributed by atoms with E-state index in [0.717, 1.165) is 92.3 Å². The van der Waals surface area contributed by atoms with E-state index in [0.29, 0.717) is 43.7 Å². The average molecular weight is 1370 g/mol. The summed E-state index contributed by atoms with van der Waals surface area (Å²) in [5.41, 5.74) is 7.84. The number of ether oxygens (including phenoxy) is 4. The van der Waals surface area contributed by atoms with Crippen molar-refractivity contribution in [2.24, 2.45) is 58.7 Å². The van der Waals surface area contributed by atoms with E-state index < -0.39 is 70.1 Å². The molecule has 0 unspecified atom stereocenters. The highest BCUT2D eigenvalue weighted by Crippen LogP contribution is 2.71. The van der Waals surface area contributed by atoms with Crippen LogP contribution in [0, 0.1) is 70.5 Å². The van der Waals surface area contributed by atoms with Gasteiger partial charge >= 0.3 is 11.9 Å². The van der Waals surface area contributed by atoms with Gasteiger partial charge in [-0.3, -0.25) is 9.59 Å². The van der Waals surface area contributed by atoms with Gasteiger partial charge in [0.25, 0.3) is 0 Å². The van der Waals surface area contributed by atoms with E-state index in [-0.39, 0.29) is 95.2 Å². The SMILES string of the molecule is COc1cc2c(cc1O)[C@@H]1C[C@H](O)[C@@H]3Cc4cc(O)c5cc4[C@@H]4C[C@@H](C[C@@H](OC(C)=O)[C@@H](C2)[C@@]1(/C=C/c1ccccc1)[C@H]34)OC(=O)[C@@]12C[C@@H](CSS[C@H](O)CO5)[C@H]3[C@@H]4C#C[C@@H]5Cc6ccccc6CSS[C@H]3[C@@H](CC[C@@H]5NCc3cccc(c3)-c3cc(O)cc5ccc1cc35)C[C@@H]42. The van der Waals surface area contributed by atoms with Crippen LogP contribution in [0.5, 0.6) is 28.7 Å². The number of fused-ring (bicyclic) bond motifs is 8. The summed E-state index contributed by atoms with van der Waals surface area (Å²) in [7, 11) is 8.49. The van der Waals surface area contributed by atoms with Crippen LogP contribution in [0.25, 0.3) is 28.0 Å². The fourth-order valence-corrected chi connectivity index (χ4v) is 26.5. The number of phenols is 3. The fourth-order valence-electron chi connectivity index (χ4n) is 20.7. The van der Waals surface area contributed by atoms with Crippen LogP contribution in [-0.2, 0) is 56.0 Å². The van der Waals surface area contributed by atoms with Crippen molar-refractivity contribution in [1.29, 1.82) is 0 Å². The Labute approximate surface area is 582 Å². The highest BCUT2D eigenvalue weighted by Gasteiger charge is 2.67. The average Bonchev–Trinajstić information content (AvgIpc) is 0.730. The van der Waals surface area contributed by atoms with E-state index in [4.69, 9.17) is 18.9 Å². The Balaban J connectivity index is 0.909. The third-order valence-corrected chi connectivity index (χ3v) is 30.1. The molecule has 500 valence electrons. The molecule has 97 heavy (non-hydrogen) atoms. The summed E-state index contributed by atoms with van der Waals surface area (Å²) in [5.74, 6) is 7.04. The first-order valence-corrected chi connectivity index (χ1v) is 39.6. The van der Waals surface area contributed by atoms with Crippen molar-refractivity contribution in [3.63, 3.8) is 0 Å². The maximum atomic E-state index is 17.9. The number of aliphatic hydroxyl groups excluding tert-OH is 2. The lowest BCUT2D eigenvalue weighted by Crippen LogP contribution is -2.63. The standard InChI is InChI=1S/C81H81NO11S4/c1-43(83)92-72-34-57-33-63-61-36-74(70(86)29-52(61)26-64-69(85)37-66-62-35-71(87)73(90-2)30-53(62)28-67(72)80(66,77(63)64)22-21-44-9-4-3-5-10-44)91-40-75(88)96-94-42-54-38-81(79(89)93-57)55-18-15-48-25-56(84)32-60(59(48)31-55)47-14-8-11-45(23-47)39-82-68-20-17-50-27-65(81)58-19-16-49(68)24-46-12-6-7-13-51(46)41-95-97-78(50)76(54)58/h3-15,18,21-23,25,29-32,35-36,49-50,54,57-58,63-69,72,75-78,82,84-88H,17,20,24,26-28,33-34,37-42H2,1-2H3/b22-21+/t49-,50+,54+,57+,58-,63+,64+,65+,66+,67-,68+,69+,72-,75+,76+,77+,78+,80+,81+/m1/s1. The second-order valence-corrected chi connectivity index (χ2v) is 34.6. The number of aliphatic hydroxyl groups is 2. The molecule has 19 rings (SSSR count). The van der Waals surface area contributed by atoms with Crippen molar-refractivity contribution < 1.29 is 54.1 Å². The number of carbonyl (C=O) groups excluding carboxylic acids is 2. The quantitative estimate of drug-likeness (QED) is 0.0555. The molecule has 17 bridgehead atoms. The van der Waals surface area contributed by atoms with Crippen LogP contribution in [0.3, 0.4) is 0 Å². The van der Waals surface area contributed by atoms with E-state index >= 15 is 4.79 Å². The van der Waals surface area contributed by atoms with Gasteiger partial charge in [0.15, 0.2) is 23.0 Å². The molecule has 0 aromatic heterocycles. The zero-order valence-electron chi connectivity index (χ0n) is 54.4. The number of rotatable bonds is 4. The Morgan fingerprint density at radius 3 is 2.46 bits per heavy atom. The lowest BCUT2D eigenvalue weighted by Gasteiger charge is -2.64. The molecular formula is C81H81NO11S4. The summed E-state index contributed by atoms with van der Waals surface area (Å²) in [4.78, 5) is 32.1. The monoisotopic (exact) mass is 1370 g/mol. The number of aromatic hydroxyl groups is 3. The summed E-state index contributed by atoms with van der Waals surface area (Å²) in [6.45, 7) is 2.01. The van der Waals surface area contributed by atoms with Gasteiger partial charge < -0.3 is 49.8 Å². The van der Waals surface area contributed by atoms with Gasteiger partial charge in [-0.15, -0.1) is 0 Å². The van der Waals surface area contributed by atoms with Crippen molar-refractivity contribution in [3.05, 3.63) is 190 Å². The van der Waals surface area contributed by atoms with Crippen LogP contribution in [0.2, 0.25) is 0 Å². The highest BCUT2D eigenvalue weighted by atomic mass is 33.1. The molecule has 6 N–H and O–H groups in total. The molecule has 0 saturated heterocycles. The van der Waals surface area contributed by atoms with Gasteiger partial charge in [0.1, 0.15) is 30.0 Å². The Bertz CT molecular complexity index is 4360. The number of hydrogen-bond donors (Lipinski definition) is 6. The van der Waals surface area contributed by atoms with Gasteiger partial charge in [-0.05, 0) is 226 Å². The summed E-state index contributed by atoms with van der Waals surface area (Å²) in [5, 5.41) is 67.0. The van der Waals surface area contributed by atoms with E-state index in [1.165, 1.54) is 28.8 Å². The summed E-state index contributed by atoms with van der Waals surface area (Å²) < 4.78 is 27.2. The number of hydrogen-bond acceptors (Lipinski definition) is 16. The minimum absolute atomic E-state index is 0.00321. The Morgan fingerprint density at radius 1 is 0.763 bits per heavy atom. The number of nitrogens with one attached hydrogen (secondary N) is 1. The van der Waals surface area contributed by atoms with Crippen LogP contribution in [0.15, 0.2) is 140 Å². The topological polar surface area (TPSA) is 184 Å². The van der Waals surface area contributed by atoms with Crippen molar-refractivity contribution in [1.82, 2.24) is 5.32 Å². The fraction of sp³-hybridized carbons (Fsp3) is 0.432. The Morgan fingerprint density at radius 2 is 1.61 bits per heavy atom. The molecule has 16 heteroatoms. The molecule has 12 nitrogen and oxygen atoms in total. The summed E-state index contributed by atoms with van der Waals surface area (Å²) in [6.07, 6.45) is 7.34. The molecule has 12 aliphatic rings. The predicted octanol–water partition coefficient (Wildman–Crippen LogP) is 14.9. The third-order valence-electron chi connectivity index (χ3n) is 24.6. The molecule has 0 amide bonds. The second-order valence-electron chi connectivity index (χ2n) is 29.5. The summed E-state index contributed by atoms with van der Waals surface area (Å²) in [6, 6.07) is 45.3. The Hall–Kier alpha value is -6.68.